The molecule has 1 saturated heterocycles. The molecule has 1 saturated carbocycles. The normalized spacial score (nSPS) is 21.8. The summed E-state index contributed by atoms with van der Waals surface area (Å²) in [5.41, 5.74) is 0.837. The first kappa shape index (κ1) is 23.8. The third kappa shape index (κ3) is 4.94. The second kappa shape index (κ2) is 9.89. The Labute approximate surface area is 202 Å². The maximum atomic E-state index is 13.9. The molecule has 10 heteroatoms. The summed E-state index contributed by atoms with van der Waals surface area (Å²) in [5.74, 6) is 0.0771. The van der Waals surface area contributed by atoms with Crippen molar-refractivity contribution in [2.24, 2.45) is 5.92 Å². The Balaban J connectivity index is 0.00000274. The fourth-order valence-corrected chi connectivity index (χ4v) is 4.54. The van der Waals surface area contributed by atoms with Crippen molar-refractivity contribution < 1.29 is 18.3 Å². The van der Waals surface area contributed by atoms with Gasteiger partial charge in [-0.3, -0.25) is 4.90 Å². The highest BCUT2D eigenvalue weighted by Crippen LogP contribution is 2.40. The van der Waals surface area contributed by atoms with E-state index in [1.807, 2.05) is 0 Å². The van der Waals surface area contributed by atoms with E-state index in [2.05, 4.69) is 20.5 Å². The van der Waals surface area contributed by atoms with Gasteiger partial charge in [0.1, 0.15) is 17.2 Å². The Morgan fingerprint density at radius 2 is 1.88 bits per heavy atom. The molecule has 3 heterocycles. The van der Waals surface area contributed by atoms with Crippen molar-refractivity contribution in [1.82, 2.24) is 15.2 Å². The Hall–Kier alpha value is -3.33. The quantitative estimate of drug-likeness (QED) is 0.496. The van der Waals surface area contributed by atoms with Crippen molar-refractivity contribution in [1.29, 1.82) is 0 Å². The van der Waals surface area contributed by atoms with Crippen LogP contribution >= 0.6 is 12.4 Å². The molecule has 1 aliphatic heterocycles. The highest BCUT2D eigenvalue weighted by atomic mass is 35.5. The molecule has 0 atom stereocenters. The average Bonchev–Trinajstić information content (AvgIpc) is 3.15. The lowest BCUT2D eigenvalue weighted by atomic mass is 9.78. The van der Waals surface area contributed by atoms with Gasteiger partial charge in [-0.2, -0.15) is 4.39 Å². The van der Waals surface area contributed by atoms with E-state index in [0.717, 1.165) is 32.2 Å². The molecule has 2 aromatic heterocycles. The van der Waals surface area contributed by atoms with Gasteiger partial charge in [-0.25, -0.2) is 14.2 Å². The van der Waals surface area contributed by atoms with Gasteiger partial charge < -0.3 is 10.1 Å². The number of nitrogens with one attached hydrogen (secondary N) is 1. The highest BCUT2D eigenvalue weighted by Gasteiger charge is 2.47. The summed E-state index contributed by atoms with van der Waals surface area (Å²) in [4.78, 5) is 17.4. The van der Waals surface area contributed by atoms with Gasteiger partial charge in [0.15, 0.2) is 0 Å². The van der Waals surface area contributed by atoms with Crippen molar-refractivity contribution in [2.75, 3.05) is 23.3 Å². The summed E-state index contributed by atoms with van der Waals surface area (Å²) in [6.07, 6.45) is 4.17. The predicted octanol–water partition coefficient (Wildman–Crippen LogP) is 5.24. The largest absolute Gasteiger partial charge is 0.441 e. The Kier molecular flexibility index (Phi) is 6.92. The number of rotatable bonds is 5. The fourth-order valence-electron chi connectivity index (χ4n) is 4.54. The minimum Gasteiger partial charge on any atom is -0.441 e. The number of carbonyl (C=O) groups excluding carboxylic acids is 1. The van der Waals surface area contributed by atoms with E-state index in [4.69, 9.17) is 4.74 Å². The van der Waals surface area contributed by atoms with Crippen LogP contribution in [0.4, 0.5) is 25.1 Å². The van der Waals surface area contributed by atoms with Crippen LogP contribution in [0.2, 0.25) is 0 Å². The van der Waals surface area contributed by atoms with Crippen LogP contribution < -0.4 is 10.2 Å². The van der Waals surface area contributed by atoms with E-state index >= 15 is 0 Å². The molecule has 1 amide bonds. The van der Waals surface area contributed by atoms with Crippen molar-refractivity contribution in [2.45, 2.75) is 31.3 Å². The maximum absolute atomic E-state index is 13.9. The second-order valence-electron chi connectivity index (χ2n) is 8.58. The third-order valence-electron chi connectivity index (χ3n) is 6.39. The van der Waals surface area contributed by atoms with Gasteiger partial charge in [0.25, 0.3) is 0 Å². The van der Waals surface area contributed by atoms with Crippen molar-refractivity contribution >= 4 is 30.0 Å². The summed E-state index contributed by atoms with van der Waals surface area (Å²) in [7, 11) is 0. The molecule has 1 aromatic carbocycles. The zero-order valence-electron chi connectivity index (χ0n) is 18.3. The van der Waals surface area contributed by atoms with Crippen LogP contribution in [0.1, 0.15) is 25.7 Å². The van der Waals surface area contributed by atoms with Crippen molar-refractivity contribution in [3.63, 3.8) is 0 Å². The third-order valence-corrected chi connectivity index (χ3v) is 6.39. The number of anilines is 2. The summed E-state index contributed by atoms with van der Waals surface area (Å²) >= 11 is 0. The number of carbonyl (C=O) groups is 1. The number of ether oxygens (including phenoxy) is 1. The number of halogens is 3. The monoisotopic (exact) mass is 487 g/mol. The van der Waals surface area contributed by atoms with Gasteiger partial charge in [0.2, 0.25) is 5.95 Å². The molecule has 3 aromatic rings. The number of hydrogen-bond acceptors (Lipinski definition) is 6. The molecule has 7 nitrogen and oxygen atoms in total. The van der Waals surface area contributed by atoms with E-state index in [9.17, 15) is 13.6 Å². The summed E-state index contributed by atoms with van der Waals surface area (Å²) in [6.45, 7) is 1.13. The smallest absolute Gasteiger partial charge is 0.415 e. The molecule has 34 heavy (non-hydrogen) atoms. The van der Waals surface area contributed by atoms with Gasteiger partial charge in [-0.05, 0) is 61.9 Å². The molecular weight excluding hydrogens is 464 g/mol. The van der Waals surface area contributed by atoms with Crippen LogP contribution in [0.25, 0.3) is 11.3 Å². The SMILES string of the molecule is Cl.O=C1OC2(CCC(CNc3ccc(-c4ccccc4F)nn3)CC2)CN1c1ccnc(F)c1. The lowest BCUT2D eigenvalue weighted by Gasteiger charge is -2.35. The van der Waals surface area contributed by atoms with E-state index < -0.39 is 17.6 Å². The molecule has 178 valence electrons. The number of amides is 1. The van der Waals surface area contributed by atoms with Gasteiger partial charge in [-0.1, -0.05) is 12.1 Å². The minimum absolute atomic E-state index is 0. The van der Waals surface area contributed by atoms with E-state index in [1.165, 1.54) is 23.2 Å². The first-order valence-corrected chi connectivity index (χ1v) is 11.0. The molecule has 0 bridgehead atoms. The summed E-state index contributed by atoms with van der Waals surface area (Å²) in [5, 5.41) is 11.6. The van der Waals surface area contributed by atoms with Crippen LogP contribution in [0.5, 0.6) is 0 Å². The van der Waals surface area contributed by atoms with E-state index in [1.54, 1.807) is 36.4 Å². The van der Waals surface area contributed by atoms with E-state index in [-0.39, 0.29) is 18.2 Å². The molecular formula is C24H24ClF2N5O2. The molecule has 5 rings (SSSR count). The topological polar surface area (TPSA) is 80.2 Å². The Morgan fingerprint density at radius 3 is 2.59 bits per heavy atom. The van der Waals surface area contributed by atoms with Gasteiger partial charge in [0.05, 0.1) is 17.9 Å². The van der Waals surface area contributed by atoms with Crippen LogP contribution in [0.3, 0.4) is 0 Å². The van der Waals surface area contributed by atoms with Gasteiger partial charge >= 0.3 is 6.09 Å². The number of nitrogens with zero attached hydrogens (tertiary/aromatic N) is 4. The van der Waals surface area contributed by atoms with Gasteiger partial charge in [0, 0.05) is 24.4 Å². The number of pyridine rings is 1. The molecule has 1 N–H and O–H groups in total. The summed E-state index contributed by atoms with van der Waals surface area (Å²) in [6, 6.07) is 12.9. The Bertz CT molecular complexity index is 1160. The maximum Gasteiger partial charge on any atom is 0.415 e. The molecule has 1 aliphatic carbocycles. The first-order chi connectivity index (χ1) is 16.0. The van der Waals surface area contributed by atoms with Gasteiger partial charge in [-0.15, -0.1) is 22.6 Å². The fraction of sp³-hybridized carbons (Fsp3) is 0.333. The van der Waals surface area contributed by atoms with Crippen molar-refractivity contribution in [3.8, 4) is 11.3 Å². The number of hydrogen-bond donors (Lipinski definition) is 1. The molecule has 2 fully saturated rings. The van der Waals surface area contributed by atoms with Crippen molar-refractivity contribution in [3.05, 3.63) is 66.5 Å². The minimum atomic E-state index is -0.624. The molecule has 0 unspecified atom stereocenters. The number of aromatic nitrogens is 3. The lowest BCUT2D eigenvalue weighted by Crippen LogP contribution is -2.39. The highest BCUT2D eigenvalue weighted by molar-refractivity contribution is 5.90. The van der Waals surface area contributed by atoms with Crippen LogP contribution in [0.15, 0.2) is 54.7 Å². The average molecular weight is 488 g/mol. The van der Waals surface area contributed by atoms with Crippen LogP contribution in [0, 0.1) is 17.7 Å². The number of benzene rings is 1. The zero-order chi connectivity index (χ0) is 22.8. The Morgan fingerprint density at radius 1 is 1.09 bits per heavy atom. The second-order valence-corrected chi connectivity index (χ2v) is 8.58. The first-order valence-electron chi connectivity index (χ1n) is 11.0. The van der Waals surface area contributed by atoms with Crippen LogP contribution in [-0.2, 0) is 4.74 Å². The standard InChI is InChI=1S/C24H23F2N5O2.ClH/c25-19-4-2-1-3-18(19)20-5-6-22(30-29-20)28-14-16-7-10-24(11-8-16)15-31(23(32)33-24)17-9-12-27-21(26)13-17;/h1-6,9,12-13,16H,7-8,10-11,14-15H2,(H,28,30);1H. The summed E-state index contributed by atoms with van der Waals surface area (Å²) < 4.78 is 33.1. The molecule has 2 aliphatic rings. The molecule has 1 spiro atoms. The predicted molar refractivity (Wildman–Crippen MR) is 126 cm³/mol. The van der Waals surface area contributed by atoms with E-state index in [0.29, 0.717) is 35.2 Å². The lowest BCUT2D eigenvalue weighted by molar-refractivity contribution is 0.0148. The van der Waals surface area contributed by atoms with Crippen LogP contribution in [-0.4, -0.2) is 40.0 Å². The zero-order valence-corrected chi connectivity index (χ0v) is 19.1. The molecule has 0 radical (unpaired) electrons.